The van der Waals surface area contributed by atoms with Crippen molar-refractivity contribution in [2.45, 2.75) is 17.3 Å². The minimum Gasteiger partial charge on any atom is -0.468 e. The van der Waals surface area contributed by atoms with Crippen LogP contribution in [0.1, 0.15) is 6.92 Å². The maximum Gasteiger partial charge on any atom is 0.318 e. The molecule has 0 aliphatic rings. The van der Waals surface area contributed by atoms with E-state index >= 15 is 0 Å². The number of rotatable bonds is 3. The van der Waals surface area contributed by atoms with Gasteiger partial charge in [0.1, 0.15) is 11.6 Å². The largest absolute Gasteiger partial charge is 0.468 e. The molecule has 7 heteroatoms. The summed E-state index contributed by atoms with van der Waals surface area (Å²) in [5.41, 5.74) is 0. The number of carbonyl (C=O) groups excluding carboxylic acids is 1. The maximum absolute atomic E-state index is 11.0. The first-order chi connectivity index (χ1) is 6.15. The second-order valence-electron chi connectivity index (χ2n) is 2.30. The van der Waals surface area contributed by atoms with Crippen LogP contribution in [-0.4, -0.2) is 33.2 Å². The summed E-state index contributed by atoms with van der Waals surface area (Å²) in [5, 5.41) is 7.44. The van der Waals surface area contributed by atoms with E-state index in [1.807, 2.05) is 0 Å². The molecule has 0 bridgehead atoms. The predicted octanol–water partition coefficient (Wildman–Crippen LogP) is -0.355. The number of hydrogen-bond donors (Lipinski definition) is 1. The lowest BCUT2D eigenvalue weighted by atomic mass is 10.5. The number of nitrogen functional groups attached to an aromatic ring is 1. The van der Waals surface area contributed by atoms with Crippen molar-refractivity contribution < 1.29 is 9.53 Å². The standard InChI is InChI=1S/C6H10N4O2S/c1-4(5(11)12-2)13-6-9-8-3-10(6)7/h3-4H,7H2,1-2H3. The minimum atomic E-state index is -0.337. The van der Waals surface area contributed by atoms with Crippen LogP contribution in [-0.2, 0) is 9.53 Å². The van der Waals surface area contributed by atoms with Crippen LogP contribution in [0.2, 0.25) is 0 Å². The first kappa shape index (κ1) is 9.85. The third-order valence-corrected chi connectivity index (χ3v) is 2.40. The predicted molar refractivity (Wildman–Crippen MR) is 47.5 cm³/mol. The van der Waals surface area contributed by atoms with E-state index in [1.165, 1.54) is 29.9 Å². The lowest BCUT2D eigenvalue weighted by Crippen LogP contribution is -2.17. The number of nitrogens with zero attached hydrogens (tertiary/aromatic N) is 3. The van der Waals surface area contributed by atoms with Gasteiger partial charge >= 0.3 is 5.97 Å². The number of esters is 1. The van der Waals surface area contributed by atoms with Gasteiger partial charge in [-0.05, 0) is 6.92 Å². The molecular formula is C6H10N4O2S. The van der Waals surface area contributed by atoms with Crippen LogP contribution in [0.15, 0.2) is 11.5 Å². The molecule has 0 saturated carbocycles. The molecule has 0 aliphatic heterocycles. The first-order valence-electron chi connectivity index (χ1n) is 3.54. The zero-order valence-corrected chi connectivity index (χ0v) is 8.11. The van der Waals surface area contributed by atoms with Crippen LogP contribution in [0.25, 0.3) is 0 Å². The molecule has 6 nitrogen and oxygen atoms in total. The van der Waals surface area contributed by atoms with Gasteiger partial charge in [0.2, 0.25) is 5.16 Å². The van der Waals surface area contributed by atoms with Crippen molar-refractivity contribution in [3.05, 3.63) is 6.33 Å². The molecule has 0 aliphatic carbocycles. The quantitative estimate of drug-likeness (QED) is 0.409. The third kappa shape index (κ3) is 2.35. The van der Waals surface area contributed by atoms with E-state index in [9.17, 15) is 4.79 Å². The summed E-state index contributed by atoms with van der Waals surface area (Å²) < 4.78 is 5.80. The fraction of sp³-hybridized carbons (Fsp3) is 0.500. The zero-order chi connectivity index (χ0) is 9.84. The number of aromatic nitrogens is 3. The van der Waals surface area contributed by atoms with Crippen molar-refractivity contribution in [2.75, 3.05) is 13.0 Å². The molecule has 1 atom stereocenters. The van der Waals surface area contributed by atoms with Crippen molar-refractivity contribution in [3.63, 3.8) is 0 Å². The second kappa shape index (κ2) is 4.13. The van der Waals surface area contributed by atoms with E-state index in [4.69, 9.17) is 5.84 Å². The Labute approximate surface area is 79.4 Å². The van der Waals surface area contributed by atoms with E-state index in [0.717, 1.165) is 0 Å². The van der Waals surface area contributed by atoms with Crippen LogP contribution in [0.4, 0.5) is 0 Å². The van der Waals surface area contributed by atoms with Gasteiger partial charge in [-0.1, -0.05) is 11.8 Å². The number of carbonyl (C=O) groups is 1. The fourth-order valence-corrected chi connectivity index (χ4v) is 1.46. The molecule has 0 amide bonds. The van der Waals surface area contributed by atoms with E-state index in [-0.39, 0.29) is 11.2 Å². The highest BCUT2D eigenvalue weighted by atomic mass is 32.2. The second-order valence-corrected chi connectivity index (χ2v) is 3.61. The number of methoxy groups -OCH3 is 1. The Hall–Kier alpha value is -1.24. The summed E-state index contributed by atoms with van der Waals surface area (Å²) >= 11 is 1.20. The van der Waals surface area contributed by atoms with E-state index in [1.54, 1.807) is 6.92 Å². The monoisotopic (exact) mass is 202 g/mol. The molecule has 1 heterocycles. The average molecular weight is 202 g/mol. The van der Waals surface area contributed by atoms with Crippen molar-refractivity contribution in [3.8, 4) is 0 Å². The number of nitrogens with two attached hydrogens (primary N) is 1. The molecule has 72 valence electrons. The van der Waals surface area contributed by atoms with Crippen molar-refractivity contribution in [1.29, 1.82) is 0 Å². The molecule has 1 aromatic heterocycles. The average Bonchev–Trinajstić information content (AvgIpc) is 2.50. The molecule has 0 aromatic carbocycles. The summed E-state index contributed by atoms with van der Waals surface area (Å²) in [7, 11) is 1.34. The van der Waals surface area contributed by atoms with Crippen LogP contribution in [0.5, 0.6) is 0 Å². The Morgan fingerprint density at radius 3 is 3.00 bits per heavy atom. The van der Waals surface area contributed by atoms with Gasteiger partial charge in [0.15, 0.2) is 0 Å². The topological polar surface area (TPSA) is 83.0 Å². The van der Waals surface area contributed by atoms with Crippen LogP contribution in [0, 0.1) is 0 Å². The summed E-state index contributed by atoms with van der Waals surface area (Å²) in [4.78, 5) is 11.0. The highest BCUT2D eigenvalue weighted by Crippen LogP contribution is 2.19. The smallest absolute Gasteiger partial charge is 0.318 e. The van der Waals surface area contributed by atoms with Crippen LogP contribution >= 0.6 is 11.8 Å². The summed E-state index contributed by atoms with van der Waals surface area (Å²) in [6.07, 6.45) is 1.37. The SMILES string of the molecule is COC(=O)C(C)Sc1nncn1N. The maximum atomic E-state index is 11.0. The first-order valence-corrected chi connectivity index (χ1v) is 4.42. The Morgan fingerprint density at radius 2 is 2.54 bits per heavy atom. The molecule has 1 unspecified atom stereocenters. The van der Waals surface area contributed by atoms with Gasteiger partial charge in [-0.3, -0.25) is 4.79 Å². The molecule has 0 spiro atoms. The number of hydrogen-bond acceptors (Lipinski definition) is 6. The van der Waals surface area contributed by atoms with Crippen molar-refractivity contribution in [2.24, 2.45) is 0 Å². The summed E-state index contributed by atoms with van der Waals surface area (Å²) in [5.74, 6) is 5.14. The zero-order valence-electron chi connectivity index (χ0n) is 7.30. The van der Waals surface area contributed by atoms with Gasteiger partial charge in [-0.2, -0.15) is 0 Å². The Morgan fingerprint density at radius 1 is 1.85 bits per heavy atom. The Bertz CT molecular complexity index is 301. The Balaban J connectivity index is 2.59. The lowest BCUT2D eigenvalue weighted by molar-refractivity contribution is -0.139. The van der Waals surface area contributed by atoms with Gasteiger partial charge in [-0.25, -0.2) is 4.68 Å². The van der Waals surface area contributed by atoms with E-state index in [2.05, 4.69) is 14.9 Å². The number of ether oxygens (including phenoxy) is 1. The van der Waals surface area contributed by atoms with Crippen LogP contribution < -0.4 is 5.84 Å². The van der Waals surface area contributed by atoms with Gasteiger partial charge in [-0.15, -0.1) is 10.2 Å². The Kier molecular flexibility index (Phi) is 3.13. The third-order valence-electron chi connectivity index (χ3n) is 1.36. The highest BCUT2D eigenvalue weighted by Gasteiger charge is 2.17. The molecule has 0 saturated heterocycles. The molecule has 2 N–H and O–H groups in total. The lowest BCUT2D eigenvalue weighted by Gasteiger charge is -2.06. The molecule has 1 aromatic rings. The van der Waals surface area contributed by atoms with E-state index < -0.39 is 0 Å². The van der Waals surface area contributed by atoms with Gasteiger partial charge < -0.3 is 10.6 Å². The number of thioether (sulfide) groups is 1. The van der Waals surface area contributed by atoms with Gasteiger partial charge in [0, 0.05) is 0 Å². The molecular weight excluding hydrogens is 192 g/mol. The summed E-state index contributed by atoms with van der Waals surface area (Å²) in [6.45, 7) is 1.71. The van der Waals surface area contributed by atoms with Gasteiger partial charge in [0.25, 0.3) is 0 Å². The highest BCUT2D eigenvalue weighted by molar-refractivity contribution is 8.00. The normalized spacial score (nSPS) is 12.5. The van der Waals surface area contributed by atoms with E-state index in [0.29, 0.717) is 5.16 Å². The molecule has 1 rings (SSSR count). The molecule has 0 fully saturated rings. The van der Waals surface area contributed by atoms with Gasteiger partial charge in [0.05, 0.1) is 7.11 Å². The molecule has 0 radical (unpaired) electrons. The van der Waals surface area contributed by atoms with Crippen molar-refractivity contribution >= 4 is 17.7 Å². The fourth-order valence-electron chi connectivity index (χ4n) is 0.688. The minimum absolute atomic E-state index is 0.312. The van der Waals surface area contributed by atoms with Crippen LogP contribution in [0.3, 0.4) is 0 Å². The molecule has 13 heavy (non-hydrogen) atoms. The summed E-state index contributed by atoms with van der Waals surface area (Å²) in [6, 6.07) is 0. The van der Waals surface area contributed by atoms with Crippen molar-refractivity contribution in [1.82, 2.24) is 14.9 Å².